The fourth-order valence-electron chi connectivity index (χ4n) is 4.65. The maximum Gasteiger partial charge on any atom is 0.356 e. The molecule has 1 atom stereocenters. The van der Waals surface area contributed by atoms with E-state index in [-0.39, 0.29) is 43.0 Å². The van der Waals surface area contributed by atoms with Crippen LogP contribution in [0.1, 0.15) is 42.0 Å². The second-order valence-corrected chi connectivity index (χ2v) is 8.34. The van der Waals surface area contributed by atoms with Crippen molar-refractivity contribution in [2.75, 3.05) is 20.3 Å². The van der Waals surface area contributed by atoms with Gasteiger partial charge in [0, 0.05) is 22.3 Å². The molecule has 1 aliphatic heterocycles. The molecule has 0 bridgehead atoms. The molecule has 5 rings (SSSR count). The SMILES string of the molecule is CCOC(=O)CNC(=O)C1c2nc(C(=O)OC)cc3c4ccccc4n(c23)CC(=O)N1C1CC1. The minimum atomic E-state index is -1.10. The number of hydrogen-bond acceptors (Lipinski definition) is 7. The van der Waals surface area contributed by atoms with Crippen molar-refractivity contribution in [3.63, 3.8) is 0 Å². The predicted octanol–water partition coefficient (Wildman–Crippen LogP) is 1.70. The standard InChI is InChI=1S/C24H24N4O6/c1-3-34-19(30)11-25-23(31)22-20-21-15(10-16(26-20)24(32)33-2)14-6-4-5-7-17(14)27(21)12-18(29)28(22)13-8-9-13/h4-7,10,13,22H,3,8-9,11-12H2,1-2H3,(H,25,31). The van der Waals surface area contributed by atoms with Crippen molar-refractivity contribution in [2.24, 2.45) is 0 Å². The first-order valence-corrected chi connectivity index (χ1v) is 11.2. The fourth-order valence-corrected chi connectivity index (χ4v) is 4.65. The van der Waals surface area contributed by atoms with E-state index in [1.54, 1.807) is 17.9 Å². The van der Waals surface area contributed by atoms with Gasteiger partial charge in [-0.25, -0.2) is 9.78 Å². The molecule has 0 spiro atoms. The van der Waals surface area contributed by atoms with Gasteiger partial charge in [0.15, 0.2) is 6.04 Å². The molecular formula is C24H24N4O6. The second kappa shape index (κ2) is 8.44. The minimum Gasteiger partial charge on any atom is -0.465 e. The van der Waals surface area contributed by atoms with Gasteiger partial charge in [-0.05, 0) is 31.9 Å². The summed E-state index contributed by atoms with van der Waals surface area (Å²) in [4.78, 5) is 57.4. The van der Waals surface area contributed by atoms with E-state index in [1.807, 2.05) is 28.8 Å². The number of rotatable bonds is 6. The zero-order chi connectivity index (χ0) is 24.0. The van der Waals surface area contributed by atoms with Crippen LogP contribution in [0.3, 0.4) is 0 Å². The van der Waals surface area contributed by atoms with Crippen LogP contribution in [0.15, 0.2) is 30.3 Å². The third-order valence-electron chi connectivity index (χ3n) is 6.19. The van der Waals surface area contributed by atoms with E-state index in [1.165, 1.54) is 7.11 Å². The van der Waals surface area contributed by atoms with Crippen LogP contribution in [0.25, 0.3) is 21.8 Å². The molecule has 1 aliphatic carbocycles. The van der Waals surface area contributed by atoms with Gasteiger partial charge in [0.2, 0.25) is 11.8 Å². The Morgan fingerprint density at radius 1 is 1.18 bits per heavy atom. The highest BCUT2D eigenvalue weighted by molar-refractivity contribution is 6.12. The summed E-state index contributed by atoms with van der Waals surface area (Å²) in [5.41, 5.74) is 1.75. The number of aromatic nitrogens is 2. The fraction of sp³-hybridized carbons (Fsp3) is 0.375. The molecule has 3 aromatic rings. The number of esters is 2. The van der Waals surface area contributed by atoms with Crippen molar-refractivity contribution in [1.82, 2.24) is 19.8 Å². The molecule has 1 unspecified atom stereocenters. The molecule has 3 heterocycles. The summed E-state index contributed by atoms with van der Waals surface area (Å²) in [6.45, 7) is 1.57. The summed E-state index contributed by atoms with van der Waals surface area (Å²) >= 11 is 0. The highest BCUT2D eigenvalue weighted by Gasteiger charge is 2.45. The first-order valence-electron chi connectivity index (χ1n) is 11.2. The lowest BCUT2D eigenvalue weighted by atomic mass is 10.0. The molecule has 0 saturated heterocycles. The zero-order valence-electron chi connectivity index (χ0n) is 18.9. The van der Waals surface area contributed by atoms with Gasteiger partial charge in [-0.1, -0.05) is 18.2 Å². The Balaban J connectivity index is 1.73. The summed E-state index contributed by atoms with van der Waals surface area (Å²) in [7, 11) is 1.26. The molecule has 34 heavy (non-hydrogen) atoms. The van der Waals surface area contributed by atoms with Crippen molar-refractivity contribution in [3.05, 3.63) is 41.7 Å². The Bertz CT molecular complexity index is 1340. The Hall–Kier alpha value is -3.95. The number of pyridine rings is 1. The molecule has 2 amide bonds. The number of hydrogen-bond donors (Lipinski definition) is 1. The van der Waals surface area contributed by atoms with Gasteiger partial charge in [-0.15, -0.1) is 0 Å². The lowest BCUT2D eigenvalue weighted by molar-refractivity contribution is -0.145. The van der Waals surface area contributed by atoms with Crippen molar-refractivity contribution in [1.29, 1.82) is 0 Å². The molecule has 1 aromatic carbocycles. The third kappa shape index (κ3) is 3.55. The van der Waals surface area contributed by atoms with Crippen molar-refractivity contribution in [3.8, 4) is 0 Å². The van der Waals surface area contributed by atoms with Crippen LogP contribution in [0.4, 0.5) is 0 Å². The molecule has 0 radical (unpaired) electrons. The summed E-state index contributed by atoms with van der Waals surface area (Å²) in [5.74, 6) is -2.00. The van der Waals surface area contributed by atoms with Gasteiger partial charge >= 0.3 is 11.9 Å². The molecule has 2 aliphatic rings. The Morgan fingerprint density at radius 3 is 2.65 bits per heavy atom. The summed E-state index contributed by atoms with van der Waals surface area (Å²) in [5, 5.41) is 4.14. The number of ether oxygens (including phenoxy) is 2. The van der Waals surface area contributed by atoms with E-state index < -0.39 is 23.9 Å². The molecule has 10 heteroatoms. The molecule has 2 aromatic heterocycles. The predicted molar refractivity (Wildman–Crippen MR) is 121 cm³/mol. The number of benzene rings is 1. The zero-order valence-corrected chi connectivity index (χ0v) is 18.9. The van der Waals surface area contributed by atoms with Crippen molar-refractivity contribution >= 4 is 45.6 Å². The maximum absolute atomic E-state index is 13.5. The highest BCUT2D eigenvalue weighted by atomic mass is 16.5. The number of fused-ring (bicyclic) bond motifs is 3. The summed E-state index contributed by atoms with van der Waals surface area (Å²) in [6, 6.07) is 7.96. The largest absolute Gasteiger partial charge is 0.465 e. The number of carbonyl (C=O) groups is 4. The van der Waals surface area contributed by atoms with E-state index in [9.17, 15) is 19.2 Å². The number of nitrogens with one attached hydrogen (secondary N) is 1. The number of methoxy groups -OCH3 is 1. The van der Waals surface area contributed by atoms with Crippen LogP contribution in [0.5, 0.6) is 0 Å². The van der Waals surface area contributed by atoms with Crippen molar-refractivity contribution in [2.45, 2.75) is 38.4 Å². The van der Waals surface area contributed by atoms with Crippen LogP contribution in [0.2, 0.25) is 0 Å². The highest BCUT2D eigenvalue weighted by Crippen LogP contribution is 2.41. The summed E-state index contributed by atoms with van der Waals surface area (Å²) < 4.78 is 11.7. The topological polar surface area (TPSA) is 120 Å². The Morgan fingerprint density at radius 2 is 1.94 bits per heavy atom. The average Bonchev–Trinajstić information content (AvgIpc) is 3.64. The average molecular weight is 464 g/mol. The second-order valence-electron chi connectivity index (χ2n) is 8.34. The van der Waals surface area contributed by atoms with Gasteiger partial charge < -0.3 is 24.3 Å². The molecule has 1 fully saturated rings. The number of carbonyl (C=O) groups excluding carboxylic acids is 4. The van der Waals surface area contributed by atoms with Crippen LogP contribution < -0.4 is 5.32 Å². The lowest BCUT2D eigenvalue weighted by Crippen LogP contribution is -2.46. The van der Waals surface area contributed by atoms with Gasteiger partial charge in [-0.2, -0.15) is 0 Å². The van der Waals surface area contributed by atoms with E-state index in [4.69, 9.17) is 9.47 Å². The molecule has 10 nitrogen and oxygen atoms in total. The summed E-state index contributed by atoms with van der Waals surface area (Å²) in [6.07, 6.45) is 1.53. The molecule has 1 saturated carbocycles. The normalized spacial score (nSPS) is 17.5. The van der Waals surface area contributed by atoms with Crippen molar-refractivity contribution < 1.29 is 28.7 Å². The van der Waals surface area contributed by atoms with Crippen LogP contribution in [-0.4, -0.2) is 64.5 Å². The smallest absolute Gasteiger partial charge is 0.356 e. The van der Waals surface area contributed by atoms with E-state index in [0.29, 0.717) is 10.9 Å². The number of amides is 2. The molecular weight excluding hydrogens is 440 g/mol. The first kappa shape index (κ1) is 21.9. The van der Waals surface area contributed by atoms with Crippen LogP contribution in [-0.2, 0) is 30.4 Å². The monoisotopic (exact) mass is 464 g/mol. The maximum atomic E-state index is 13.5. The van der Waals surface area contributed by atoms with Crippen LogP contribution in [0, 0.1) is 0 Å². The number of nitrogens with zero attached hydrogens (tertiary/aromatic N) is 3. The van der Waals surface area contributed by atoms with E-state index >= 15 is 0 Å². The molecule has 176 valence electrons. The van der Waals surface area contributed by atoms with E-state index in [0.717, 1.165) is 23.7 Å². The van der Waals surface area contributed by atoms with Crippen LogP contribution >= 0.6 is 0 Å². The minimum absolute atomic E-state index is 0.0361. The first-order chi connectivity index (χ1) is 16.4. The van der Waals surface area contributed by atoms with E-state index in [2.05, 4.69) is 10.3 Å². The Kier molecular flexibility index (Phi) is 5.43. The third-order valence-corrected chi connectivity index (χ3v) is 6.19. The number of para-hydroxylation sites is 1. The quantitative estimate of drug-likeness (QED) is 0.552. The van der Waals surface area contributed by atoms with Gasteiger partial charge in [0.05, 0.1) is 24.9 Å². The molecule has 1 N–H and O–H groups in total. The van der Waals surface area contributed by atoms with Gasteiger partial charge in [0.1, 0.15) is 18.8 Å². The van der Waals surface area contributed by atoms with Gasteiger partial charge in [0.25, 0.3) is 0 Å². The van der Waals surface area contributed by atoms with Gasteiger partial charge in [-0.3, -0.25) is 14.4 Å². The Labute approximate surface area is 194 Å². The lowest BCUT2D eigenvalue weighted by Gasteiger charge is -2.29.